The monoisotopic (exact) mass is 263 g/mol. The first-order valence-electron chi connectivity index (χ1n) is 6.57. The van der Waals surface area contributed by atoms with Crippen LogP contribution in [0.4, 0.5) is 0 Å². The molecule has 1 aromatic carbocycles. The van der Waals surface area contributed by atoms with Crippen molar-refractivity contribution in [3.05, 3.63) is 23.8 Å². The fourth-order valence-corrected chi connectivity index (χ4v) is 2.12. The van der Waals surface area contributed by atoms with Crippen molar-refractivity contribution in [1.29, 1.82) is 0 Å². The molecule has 19 heavy (non-hydrogen) atoms. The summed E-state index contributed by atoms with van der Waals surface area (Å²) < 4.78 is 10.5. The van der Waals surface area contributed by atoms with Gasteiger partial charge in [0.05, 0.1) is 19.8 Å². The molecule has 4 heteroatoms. The van der Waals surface area contributed by atoms with E-state index in [-0.39, 0.29) is 17.4 Å². The number of ether oxygens (including phenoxy) is 2. The van der Waals surface area contributed by atoms with Crippen molar-refractivity contribution in [2.45, 2.75) is 32.2 Å². The molecule has 1 saturated carbocycles. The Bertz CT molecular complexity index is 478. The molecule has 0 atom stereocenters. The Morgan fingerprint density at radius 3 is 2.32 bits per heavy atom. The van der Waals surface area contributed by atoms with Crippen LogP contribution in [0.25, 0.3) is 0 Å². The number of benzene rings is 1. The summed E-state index contributed by atoms with van der Waals surface area (Å²) in [7, 11) is 3.23. The van der Waals surface area contributed by atoms with Gasteiger partial charge in [0.25, 0.3) is 0 Å². The maximum Gasteiger partial charge on any atom is 0.223 e. The number of hydrogen-bond donors (Lipinski definition) is 1. The van der Waals surface area contributed by atoms with Crippen molar-refractivity contribution < 1.29 is 14.3 Å². The fraction of sp³-hybridized carbons (Fsp3) is 0.533. The zero-order chi connectivity index (χ0) is 14.0. The van der Waals surface area contributed by atoms with Crippen molar-refractivity contribution in [1.82, 2.24) is 5.32 Å². The quantitative estimate of drug-likeness (QED) is 0.887. The van der Waals surface area contributed by atoms with Gasteiger partial charge in [-0.3, -0.25) is 4.79 Å². The highest BCUT2D eigenvalue weighted by atomic mass is 16.5. The molecule has 1 amide bonds. The van der Waals surface area contributed by atoms with E-state index >= 15 is 0 Å². The van der Waals surface area contributed by atoms with Crippen molar-refractivity contribution in [3.63, 3.8) is 0 Å². The van der Waals surface area contributed by atoms with Gasteiger partial charge in [0.15, 0.2) is 11.5 Å². The van der Waals surface area contributed by atoms with E-state index in [0.717, 1.165) is 18.4 Å². The fourth-order valence-electron chi connectivity index (χ4n) is 2.12. The molecule has 4 nitrogen and oxygen atoms in total. The van der Waals surface area contributed by atoms with Gasteiger partial charge in [0, 0.05) is 5.92 Å². The van der Waals surface area contributed by atoms with Gasteiger partial charge >= 0.3 is 0 Å². The van der Waals surface area contributed by atoms with Gasteiger partial charge in [-0.05, 0) is 30.5 Å². The average molecular weight is 263 g/mol. The van der Waals surface area contributed by atoms with Crippen LogP contribution in [0.15, 0.2) is 18.2 Å². The van der Waals surface area contributed by atoms with Gasteiger partial charge in [0.1, 0.15) is 0 Å². The summed E-state index contributed by atoms with van der Waals surface area (Å²) >= 11 is 0. The molecule has 1 fully saturated rings. The number of hydrogen-bond acceptors (Lipinski definition) is 3. The average Bonchev–Trinajstić information content (AvgIpc) is 3.18. The van der Waals surface area contributed by atoms with Crippen molar-refractivity contribution in [3.8, 4) is 11.5 Å². The Balaban J connectivity index is 2.24. The van der Waals surface area contributed by atoms with E-state index in [0.29, 0.717) is 11.5 Å². The molecule has 2 rings (SSSR count). The third kappa shape index (κ3) is 2.67. The maximum atomic E-state index is 11.9. The molecule has 0 saturated heterocycles. The third-order valence-corrected chi connectivity index (χ3v) is 3.57. The van der Waals surface area contributed by atoms with E-state index in [1.165, 1.54) is 0 Å². The third-order valence-electron chi connectivity index (χ3n) is 3.57. The lowest BCUT2D eigenvalue weighted by Gasteiger charge is -2.20. The first-order chi connectivity index (χ1) is 9.02. The van der Waals surface area contributed by atoms with E-state index in [1.807, 2.05) is 32.0 Å². The Hall–Kier alpha value is -1.71. The molecule has 0 heterocycles. The Morgan fingerprint density at radius 1 is 1.21 bits per heavy atom. The molecule has 0 radical (unpaired) electrons. The first kappa shape index (κ1) is 13.7. The minimum atomic E-state index is -0.207. The summed E-state index contributed by atoms with van der Waals surface area (Å²) in [6.45, 7) is 3.81. The van der Waals surface area contributed by atoms with Crippen molar-refractivity contribution in [2.75, 3.05) is 14.2 Å². The minimum Gasteiger partial charge on any atom is -0.493 e. The summed E-state index contributed by atoms with van der Waals surface area (Å²) in [6.07, 6.45) is 1.95. The van der Waals surface area contributed by atoms with Crippen LogP contribution in [0.1, 0.15) is 32.3 Å². The molecule has 1 N–H and O–H groups in total. The van der Waals surface area contributed by atoms with Crippen LogP contribution in [0.2, 0.25) is 0 Å². The molecule has 1 aromatic rings. The van der Waals surface area contributed by atoms with Gasteiger partial charge in [-0.1, -0.05) is 19.9 Å². The molecule has 0 aliphatic heterocycles. The van der Waals surface area contributed by atoms with E-state index < -0.39 is 0 Å². The summed E-state index contributed by atoms with van der Waals surface area (Å²) in [4.78, 5) is 11.9. The largest absolute Gasteiger partial charge is 0.493 e. The highest BCUT2D eigenvalue weighted by Crippen LogP contribution is 2.47. The lowest BCUT2D eigenvalue weighted by atomic mass is 10.0. The van der Waals surface area contributed by atoms with Gasteiger partial charge in [-0.2, -0.15) is 0 Å². The zero-order valence-electron chi connectivity index (χ0n) is 11.9. The number of carbonyl (C=O) groups excluding carboxylic acids is 1. The number of carbonyl (C=O) groups is 1. The standard InChI is InChI=1S/C15H21NO3/c1-10(2)14(17)16-15(7-8-15)11-5-6-12(18-3)13(9-11)19-4/h5-6,9-10H,7-8H2,1-4H3,(H,16,17). The SMILES string of the molecule is COc1ccc(C2(NC(=O)C(C)C)CC2)cc1OC. The molecule has 0 aromatic heterocycles. The second-order valence-corrected chi connectivity index (χ2v) is 5.30. The highest BCUT2D eigenvalue weighted by Gasteiger charge is 2.46. The van der Waals surface area contributed by atoms with Crippen LogP contribution in [-0.2, 0) is 10.3 Å². The Morgan fingerprint density at radius 2 is 1.84 bits per heavy atom. The normalized spacial score (nSPS) is 16.1. The first-order valence-corrected chi connectivity index (χ1v) is 6.57. The zero-order valence-corrected chi connectivity index (χ0v) is 11.9. The second-order valence-electron chi connectivity index (χ2n) is 5.30. The van der Waals surface area contributed by atoms with Crippen LogP contribution >= 0.6 is 0 Å². The van der Waals surface area contributed by atoms with E-state index in [1.54, 1.807) is 14.2 Å². The minimum absolute atomic E-state index is 0.00220. The molecule has 1 aliphatic carbocycles. The molecular formula is C15H21NO3. The Labute approximate surface area is 114 Å². The van der Waals surface area contributed by atoms with E-state index in [2.05, 4.69) is 5.32 Å². The molecule has 104 valence electrons. The number of amides is 1. The highest BCUT2D eigenvalue weighted by molar-refractivity contribution is 5.79. The number of nitrogens with one attached hydrogen (secondary N) is 1. The molecule has 0 spiro atoms. The van der Waals surface area contributed by atoms with Crippen LogP contribution in [-0.4, -0.2) is 20.1 Å². The summed E-state index contributed by atoms with van der Waals surface area (Å²) in [5.41, 5.74) is 0.875. The summed E-state index contributed by atoms with van der Waals surface area (Å²) in [5, 5.41) is 3.14. The van der Waals surface area contributed by atoms with E-state index in [4.69, 9.17) is 9.47 Å². The summed E-state index contributed by atoms with van der Waals surface area (Å²) in [6, 6.07) is 5.83. The van der Waals surface area contributed by atoms with Crippen molar-refractivity contribution >= 4 is 5.91 Å². The predicted octanol–water partition coefficient (Wildman–Crippen LogP) is 2.47. The maximum absolute atomic E-state index is 11.9. The van der Waals surface area contributed by atoms with Crippen molar-refractivity contribution in [2.24, 2.45) is 5.92 Å². The summed E-state index contributed by atoms with van der Waals surface area (Å²) in [5.74, 6) is 1.49. The lowest BCUT2D eigenvalue weighted by molar-refractivity contribution is -0.125. The Kier molecular flexibility index (Phi) is 3.69. The van der Waals surface area contributed by atoms with Crippen LogP contribution < -0.4 is 14.8 Å². The smallest absolute Gasteiger partial charge is 0.223 e. The lowest BCUT2D eigenvalue weighted by Crippen LogP contribution is -2.37. The molecular weight excluding hydrogens is 242 g/mol. The van der Waals surface area contributed by atoms with Crippen LogP contribution in [0.3, 0.4) is 0 Å². The second kappa shape index (κ2) is 5.11. The van der Waals surface area contributed by atoms with Gasteiger partial charge in [-0.25, -0.2) is 0 Å². The van der Waals surface area contributed by atoms with Gasteiger partial charge in [0.2, 0.25) is 5.91 Å². The molecule has 0 bridgehead atoms. The van der Waals surface area contributed by atoms with Gasteiger partial charge in [-0.15, -0.1) is 0 Å². The van der Waals surface area contributed by atoms with Gasteiger partial charge < -0.3 is 14.8 Å². The van der Waals surface area contributed by atoms with Crippen LogP contribution in [0, 0.1) is 5.92 Å². The number of rotatable bonds is 5. The topological polar surface area (TPSA) is 47.6 Å². The molecule has 1 aliphatic rings. The number of methoxy groups -OCH3 is 2. The molecule has 0 unspecified atom stereocenters. The van der Waals surface area contributed by atoms with Crippen LogP contribution in [0.5, 0.6) is 11.5 Å². The van der Waals surface area contributed by atoms with E-state index in [9.17, 15) is 4.79 Å². The predicted molar refractivity (Wildman–Crippen MR) is 73.4 cm³/mol.